The number of aromatic nitrogens is 2. The SMILES string of the molecule is CCOC(=O)C(C)OC(=O)c1cc(Oc2ccc(C(F)(F)F)cc2Cl)ccc1[N+](=O)[O-].O=C(Nc1nc(OC(F)F)cc(OC(F)F)n1)NS(=O)(=O)c1ccccc1C(=O)O.O=C(O)CNCP(=O)(O)O. The Morgan fingerprint density at radius 3 is 1.99 bits per heavy atom. The number of sulfonamides is 1. The summed E-state index contributed by atoms with van der Waals surface area (Å²) in [5.41, 5.74) is -2.81. The summed E-state index contributed by atoms with van der Waals surface area (Å²) in [5, 5.41) is 31.7. The third kappa shape index (κ3) is 21.0. The molecule has 0 aliphatic carbocycles. The molecular formula is C36H33ClF7N6O19PS. The van der Waals surface area contributed by atoms with E-state index in [0.29, 0.717) is 12.1 Å². The van der Waals surface area contributed by atoms with Gasteiger partial charge in [-0.15, -0.1) is 0 Å². The third-order valence-electron chi connectivity index (χ3n) is 7.33. The number of nitrogens with zero attached hydrogens (tertiary/aromatic N) is 3. The van der Waals surface area contributed by atoms with Gasteiger partial charge >= 0.3 is 56.9 Å². The van der Waals surface area contributed by atoms with Gasteiger partial charge in [0.2, 0.25) is 17.7 Å². The molecule has 0 bridgehead atoms. The summed E-state index contributed by atoms with van der Waals surface area (Å²) in [5.74, 6) is -7.96. The van der Waals surface area contributed by atoms with Crippen molar-refractivity contribution in [3.05, 3.63) is 98.6 Å². The lowest BCUT2D eigenvalue weighted by atomic mass is 10.1. The molecule has 0 aliphatic heterocycles. The summed E-state index contributed by atoms with van der Waals surface area (Å²) in [4.78, 5) is 89.4. The monoisotopic (exact) mass is 1080 g/mol. The first kappa shape index (κ1) is 59.7. The second-order valence-corrected chi connectivity index (χ2v) is 16.3. The number of nitro groups is 1. The minimum Gasteiger partial charge on any atom is -0.480 e. The number of carboxylic acids is 2. The van der Waals surface area contributed by atoms with Crippen molar-refractivity contribution in [2.75, 3.05) is 24.8 Å². The molecule has 388 valence electrons. The zero-order chi connectivity index (χ0) is 54.0. The average Bonchev–Trinajstić information content (AvgIpc) is 3.23. The number of esters is 2. The number of benzene rings is 3. The number of rotatable bonds is 19. The van der Waals surface area contributed by atoms with Crippen LogP contribution in [0.1, 0.15) is 40.1 Å². The van der Waals surface area contributed by atoms with Gasteiger partial charge in [-0.25, -0.2) is 32.3 Å². The van der Waals surface area contributed by atoms with Gasteiger partial charge in [0.1, 0.15) is 22.0 Å². The van der Waals surface area contributed by atoms with Crippen molar-refractivity contribution in [2.45, 2.75) is 44.2 Å². The second kappa shape index (κ2) is 26.5. The number of aromatic carboxylic acids is 1. The molecule has 2 amide bonds. The molecule has 1 aromatic heterocycles. The van der Waals surface area contributed by atoms with E-state index >= 15 is 0 Å². The van der Waals surface area contributed by atoms with Crippen LogP contribution in [0.3, 0.4) is 0 Å². The molecule has 25 nitrogen and oxygen atoms in total. The molecule has 1 unspecified atom stereocenters. The smallest absolute Gasteiger partial charge is 0.416 e. The summed E-state index contributed by atoms with van der Waals surface area (Å²) in [6.07, 6.45) is -6.54. The molecule has 35 heteroatoms. The van der Waals surface area contributed by atoms with E-state index in [1.807, 2.05) is 0 Å². The Balaban J connectivity index is 0.000000409. The normalized spacial score (nSPS) is 11.6. The van der Waals surface area contributed by atoms with Crippen molar-refractivity contribution in [3.8, 4) is 23.3 Å². The van der Waals surface area contributed by atoms with E-state index in [0.717, 1.165) is 42.5 Å². The molecule has 4 rings (SSSR count). The Morgan fingerprint density at radius 1 is 0.901 bits per heavy atom. The number of nitrogens with one attached hydrogen (secondary N) is 3. The van der Waals surface area contributed by atoms with Gasteiger partial charge in [-0.1, -0.05) is 23.7 Å². The fourth-order valence-electron chi connectivity index (χ4n) is 4.57. The van der Waals surface area contributed by atoms with Crippen LogP contribution >= 0.6 is 19.2 Å². The number of anilines is 1. The number of hydrogen-bond acceptors (Lipinski definition) is 18. The number of nitro benzene ring substituents is 1. The Bertz CT molecular complexity index is 2710. The summed E-state index contributed by atoms with van der Waals surface area (Å²) < 4.78 is 146. The molecule has 1 atom stereocenters. The van der Waals surface area contributed by atoms with E-state index in [2.05, 4.69) is 24.8 Å². The molecule has 0 radical (unpaired) electrons. The number of hydrogen-bond donors (Lipinski definition) is 7. The van der Waals surface area contributed by atoms with Gasteiger partial charge in [0, 0.05) is 12.1 Å². The quantitative estimate of drug-likeness (QED) is 0.0190. The first-order valence-electron chi connectivity index (χ1n) is 18.5. The fraction of sp³-hybridized carbons (Fsp3) is 0.250. The van der Waals surface area contributed by atoms with Gasteiger partial charge in [-0.3, -0.25) is 30.1 Å². The second-order valence-electron chi connectivity index (χ2n) is 12.6. The van der Waals surface area contributed by atoms with Gasteiger partial charge < -0.3 is 43.7 Å². The minimum atomic E-state index is -4.71. The van der Waals surface area contributed by atoms with Crippen LogP contribution in [-0.2, 0) is 39.8 Å². The van der Waals surface area contributed by atoms with Crippen LogP contribution in [0.5, 0.6) is 23.3 Å². The fourth-order valence-corrected chi connectivity index (χ4v) is 6.30. The maximum Gasteiger partial charge on any atom is 0.416 e. The molecule has 3 aromatic carbocycles. The predicted octanol–water partition coefficient (Wildman–Crippen LogP) is 5.85. The number of amides is 2. The highest BCUT2D eigenvalue weighted by Gasteiger charge is 2.32. The molecule has 0 spiro atoms. The van der Waals surface area contributed by atoms with E-state index < -0.39 is 136 Å². The molecule has 0 fully saturated rings. The standard InChI is InChI=1S/C19H15ClF3NO7.C14H10F4N4O7S.C3H8NO5P/c1-3-29-17(25)10(2)30-18(26)13-9-12(5-6-15(13)24(27)28)31-16-7-4-11(8-14(16)20)19(21,22)23;15-11(16)28-8-5-9(29-12(17)18)20-13(19-8)21-14(25)22-30(26,27)7-4-2-1-3-6(7)10(23)24;5-3(6)1-4-2-10(7,8)9/h4-10H,3H2,1-2H3;1-5,11-12H,(H,23,24)(H2,19,20,21,22,25);4H,1-2H2,(H,5,6)(H2,7,8,9). The van der Waals surface area contributed by atoms with Crippen LogP contribution in [0.4, 0.5) is 47.2 Å². The van der Waals surface area contributed by atoms with Gasteiger partial charge in [0.15, 0.2) is 6.10 Å². The highest BCUT2D eigenvalue weighted by Crippen LogP contribution is 2.37. The summed E-state index contributed by atoms with van der Waals surface area (Å²) in [7, 11) is -8.81. The highest BCUT2D eigenvalue weighted by molar-refractivity contribution is 7.90. The van der Waals surface area contributed by atoms with Crippen molar-refractivity contribution in [2.24, 2.45) is 0 Å². The van der Waals surface area contributed by atoms with Crippen LogP contribution in [-0.4, -0.2) is 112 Å². The van der Waals surface area contributed by atoms with Crippen LogP contribution in [0.15, 0.2) is 71.6 Å². The number of alkyl halides is 7. The van der Waals surface area contributed by atoms with E-state index in [1.165, 1.54) is 23.8 Å². The average molecular weight is 1090 g/mol. The van der Waals surface area contributed by atoms with Gasteiger partial charge in [-0.2, -0.15) is 40.7 Å². The Labute approximate surface area is 397 Å². The number of carbonyl (C=O) groups is 5. The number of halogens is 8. The Hall–Kier alpha value is -7.45. The maximum absolute atomic E-state index is 12.8. The molecule has 0 saturated carbocycles. The van der Waals surface area contributed by atoms with Crippen molar-refractivity contribution in [3.63, 3.8) is 0 Å². The van der Waals surface area contributed by atoms with Gasteiger partial charge in [-0.05, 0) is 50.2 Å². The van der Waals surface area contributed by atoms with E-state index in [1.54, 1.807) is 12.2 Å². The molecule has 0 saturated heterocycles. The zero-order valence-electron chi connectivity index (χ0n) is 35.3. The Morgan fingerprint density at radius 2 is 1.49 bits per heavy atom. The van der Waals surface area contributed by atoms with E-state index in [9.17, 15) is 77.8 Å². The molecule has 7 N–H and O–H groups in total. The van der Waals surface area contributed by atoms with Crippen molar-refractivity contribution in [1.29, 1.82) is 0 Å². The van der Waals surface area contributed by atoms with Crippen LogP contribution in [0, 0.1) is 10.1 Å². The lowest BCUT2D eigenvalue weighted by molar-refractivity contribution is -0.385. The van der Waals surface area contributed by atoms with Crippen molar-refractivity contribution >= 4 is 70.8 Å². The first-order valence-corrected chi connectivity index (χ1v) is 22.1. The predicted molar refractivity (Wildman–Crippen MR) is 222 cm³/mol. The first-order chi connectivity index (χ1) is 32.8. The summed E-state index contributed by atoms with van der Waals surface area (Å²) in [6, 6.07) is 8.60. The highest BCUT2D eigenvalue weighted by atomic mass is 35.5. The third-order valence-corrected chi connectivity index (χ3v) is 9.65. The number of aliphatic carboxylic acids is 1. The molecular weight excluding hydrogens is 1050 g/mol. The van der Waals surface area contributed by atoms with Crippen LogP contribution < -0.4 is 29.6 Å². The molecule has 0 aliphatic rings. The number of carboxylic acid groups (broad SMARTS) is 2. The number of urea groups is 1. The summed E-state index contributed by atoms with van der Waals surface area (Å²) in [6.45, 7) is -4.44. The Kier molecular flexibility index (Phi) is 22.3. The van der Waals surface area contributed by atoms with Crippen molar-refractivity contribution in [1.82, 2.24) is 20.0 Å². The topological polar surface area (TPSA) is 369 Å². The van der Waals surface area contributed by atoms with Crippen LogP contribution in [0.25, 0.3) is 0 Å². The molecule has 1 heterocycles. The van der Waals surface area contributed by atoms with Gasteiger partial charge in [0.25, 0.3) is 15.7 Å². The maximum atomic E-state index is 12.8. The van der Waals surface area contributed by atoms with E-state index in [4.69, 9.17) is 45.8 Å². The van der Waals surface area contributed by atoms with Crippen LogP contribution in [0.2, 0.25) is 5.02 Å². The largest absolute Gasteiger partial charge is 0.480 e. The number of ether oxygens (including phenoxy) is 5. The molecule has 4 aromatic rings. The van der Waals surface area contributed by atoms with Crippen molar-refractivity contribution < 1.29 is 116 Å². The lowest BCUT2D eigenvalue weighted by Gasteiger charge is -2.13. The molecule has 71 heavy (non-hydrogen) atoms. The van der Waals surface area contributed by atoms with E-state index in [-0.39, 0.29) is 23.1 Å². The van der Waals surface area contributed by atoms with Gasteiger partial charge in [0.05, 0.1) is 46.6 Å². The lowest BCUT2D eigenvalue weighted by Crippen LogP contribution is -2.35. The summed E-state index contributed by atoms with van der Waals surface area (Å²) >= 11 is 5.83. The zero-order valence-corrected chi connectivity index (χ0v) is 37.8. The minimum absolute atomic E-state index is 0.0398. The number of carbonyl (C=O) groups excluding carboxylic acids is 3.